The summed E-state index contributed by atoms with van der Waals surface area (Å²) in [5, 5.41) is 0. The molecule has 2 rings (SSSR count). The summed E-state index contributed by atoms with van der Waals surface area (Å²) in [6.07, 6.45) is 1.33. The maximum absolute atomic E-state index is 14.2. The van der Waals surface area contributed by atoms with Gasteiger partial charge < -0.3 is 14.5 Å². The lowest BCUT2D eigenvalue weighted by atomic mass is 10.1. The van der Waals surface area contributed by atoms with Crippen LogP contribution in [0.15, 0.2) is 29.8 Å². The van der Waals surface area contributed by atoms with Crippen molar-refractivity contribution in [2.75, 3.05) is 37.7 Å². The molecule has 0 unspecified atom stereocenters. The number of carbonyl (C=O) groups is 3. The molecule has 7 heteroatoms. The Kier molecular flexibility index (Phi) is 6.49. The number of ether oxygens (including phenoxy) is 1. The van der Waals surface area contributed by atoms with Crippen LogP contribution in [-0.2, 0) is 14.3 Å². The third-order valence-electron chi connectivity index (χ3n) is 4.07. The van der Waals surface area contributed by atoms with E-state index in [1.807, 2.05) is 4.90 Å². The number of carbonyl (C=O) groups excluding carboxylic acids is 3. The van der Waals surface area contributed by atoms with Crippen molar-refractivity contribution in [3.8, 4) is 0 Å². The quantitative estimate of drug-likeness (QED) is 0.456. The Morgan fingerprint density at radius 1 is 1.12 bits per heavy atom. The maximum Gasteiger partial charge on any atom is 0.331 e. The number of ketones is 1. The molecule has 1 aromatic carbocycles. The Hall–Kier alpha value is -2.70. The molecule has 1 saturated heterocycles. The molecule has 140 valence electrons. The molecule has 1 amide bonds. The number of hydrogen-bond acceptors (Lipinski definition) is 5. The summed E-state index contributed by atoms with van der Waals surface area (Å²) in [5.74, 6) is -1.45. The Balaban J connectivity index is 1.89. The standard InChI is InChI=1S/C19H23FN2O4/c1-13(2)10-19(25)26-12-18(24)22-8-6-21(7-9-22)17-5-4-15(14(3)23)11-16(17)20/h4-5,10-11H,6-9,12H2,1-3H3. The summed E-state index contributed by atoms with van der Waals surface area (Å²) in [6.45, 7) is 6.37. The molecular formula is C19H23FN2O4. The van der Waals surface area contributed by atoms with Crippen LogP contribution in [0.4, 0.5) is 10.1 Å². The van der Waals surface area contributed by atoms with Crippen molar-refractivity contribution in [2.45, 2.75) is 20.8 Å². The highest BCUT2D eigenvalue weighted by molar-refractivity contribution is 5.94. The van der Waals surface area contributed by atoms with Crippen LogP contribution in [0.25, 0.3) is 0 Å². The minimum absolute atomic E-state index is 0.187. The first kappa shape index (κ1) is 19.6. The molecule has 0 aromatic heterocycles. The van der Waals surface area contributed by atoms with Crippen LogP contribution in [-0.4, -0.2) is 55.3 Å². The summed E-state index contributed by atoms with van der Waals surface area (Å²) in [4.78, 5) is 38.3. The van der Waals surface area contributed by atoms with Crippen molar-refractivity contribution in [1.29, 1.82) is 0 Å². The van der Waals surface area contributed by atoms with E-state index in [0.717, 1.165) is 5.57 Å². The highest BCUT2D eigenvalue weighted by atomic mass is 19.1. The number of allylic oxidation sites excluding steroid dienone is 1. The zero-order valence-electron chi connectivity index (χ0n) is 15.3. The molecule has 0 bridgehead atoms. The molecule has 0 N–H and O–H groups in total. The highest BCUT2D eigenvalue weighted by Crippen LogP contribution is 2.22. The van der Waals surface area contributed by atoms with Gasteiger partial charge >= 0.3 is 5.97 Å². The van der Waals surface area contributed by atoms with Gasteiger partial charge in [0, 0.05) is 37.8 Å². The number of nitrogens with zero attached hydrogens (tertiary/aromatic N) is 2. The number of anilines is 1. The number of hydrogen-bond donors (Lipinski definition) is 0. The predicted octanol–water partition coefficient (Wildman–Crippen LogP) is 2.19. The van der Waals surface area contributed by atoms with Crippen LogP contribution < -0.4 is 4.90 Å². The van der Waals surface area contributed by atoms with Gasteiger partial charge in [-0.2, -0.15) is 0 Å². The van der Waals surface area contributed by atoms with E-state index in [9.17, 15) is 18.8 Å². The van der Waals surface area contributed by atoms with Gasteiger partial charge in [-0.15, -0.1) is 0 Å². The van der Waals surface area contributed by atoms with Gasteiger partial charge in [0.15, 0.2) is 12.4 Å². The Morgan fingerprint density at radius 2 is 1.77 bits per heavy atom. The molecule has 1 aliphatic rings. The van der Waals surface area contributed by atoms with Crippen LogP contribution in [0, 0.1) is 5.82 Å². The summed E-state index contributed by atoms with van der Waals surface area (Å²) >= 11 is 0. The van der Waals surface area contributed by atoms with Crippen molar-refractivity contribution < 1.29 is 23.5 Å². The Morgan fingerprint density at radius 3 is 2.31 bits per heavy atom. The number of benzene rings is 1. The van der Waals surface area contributed by atoms with E-state index in [2.05, 4.69) is 0 Å². The average molecular weight is 362 g/mol. The molecule has 1 aliphatic heterocycles. The van der Waals surface area contributed by atoms with Gasteiger partial charge in [-0.3, -0.25) is 9.59 Å². The minimum Gasteiger partial charge on any atom is -0.452 e. The lowest BCUT2D eigenvalue weighted by Gasteiger charge is -2.36. The minimum atomic E-state index is -0.537. The molecule has 0 atom stereocenters. The maximum atomic E-state index is 14.2. The molecule has 1 aromatic rings. The van der Waals surface area contributed by atoms with Gasteiger partial charge in [-0.05, 0) is 39.0 Å². The third-order valence-corrected chi connectivity index (χ3v) is 4.07. The SMILES string of the molecule is CC(=O)c1ccc(N2CCN(C(=O)COC(=O)C=C(C)C)CC2)c(F)c1. The fourth-order valence-electron chi connectivity index (χ4n) is 2.68. The second-order valence-corrected chi connectivity index (χ2v) is 6.42. The lowest BCUT2D eigenvalue weighted by molar-refractivity contribution is -0.148. The first-order chi connectivity index (χ1) is 12.3. The van der Waals surface area contributed by atoms with Crippen molar-refractivity contribution in [3.05, 3.63) is 41.2 Å². The van der Waals surface area contributed by atoms with Crippen molar-refractivity contribution in [3.63, 3.8) is 0 Å². The van der Waals surface area contributed by atoms with E-state index in [1.54, 1.807) is 30.9 Å². The zero-order valence-corrected chi connectivity index (χ0v) is 15.3. The average Bonchev–Trinajstić information content (AvgIpc) is 2.59. The molecular weight excluding hydrogens is 339 g/mol. The smallest absolute Gasteiger partial charge is 0.331 e. The van der Waals surface area contributed by atoms with Crippen molar-refractivity contribution >= 4 is 23.3 Å². The normalized spacial score (nSPS) is 14.0. The predicted molar refractivity (Wildman–Crippen MR) is 95.6 cm³/mol. The van der Waals surface area contributed by atoms with E-state index >= 15 is 0 Å². The second-order valence-electron chi connectivity index (χ2n) is 6.42. The molecule has 6 nitrogen and oxygen atoms in total. The molecule has 0 saturated carbocycles. The van der Waals surface area contributed by atoms with Gasteiger partial charge in [-0.1, -0.05) is 5.57 Å². The summed E-state index contributed by atoms with van der Waals surface area (Å²) < 4.78 is 19.1. The van der Waals surface area contributed by atoms with E-state index in [1.165, 1.54) is 19.1 Å². The fraction of sp³-hybridized carbons (Fsp3) is 0.421. The molecule has 0 spiro atoms. The van der Waals surface area contributed by atoms with Gasteiger partial charge in [0.05, 0.1) is 5.69 Å². The monoisotopic (exact) mass is 362 g/mol. The number of Topliss-reactive ketones (excluding diaryl/α,β-unsaturated/α-hetero) is 1. The number of esters is 1. The Labute approximate surface area is 152 Å². The van der Waals surface area contributed by atoms with Crippen molar-refractivity contribution in [2.24, 2.45) is 0 Å². The van der Waals surface area contributed by atoms with Crippen LogP contribution in [0.5, 0.6) is 0 Å². The van der Waals surface area contributed by atoms with E-state index in [0.29, 0.717) is 37.4 Å². The Bertz CT molecular complexity index is 733. The third kappa shape index (κ3) is 5.15. The summed E-state index contributed by atoms with van der Waals surface area (Å²) in [6, 6.07) is 4.42. The zero-order chi connectivity index (χ0) is 19.3. The largest absolute Gasteiger partial charge is 0.452 e. The molecule has 26 heavy (non-hydrogen) atoms. The van der Waals surface area contributed by atoms with Crippen molar-refractivity contribution in [1.82, 2.24) is 4.90 Å². The van der Waals surface area contributed by atoms with Crippen LogP contribution in [0.1, 0.15) is 31.1 Å². The topological polar surface area (TPSA) is 66.9 Å². The van der Waals surface area contributed by atoms with E-state index < -0.39 is 11.8 Å². The van der Waals surface area contributed by atoms with Gasteiger partial charge in [0.1, 0.15) is 5.82 Å². The first-order valence-electron chi connectivity index (χ1n) is 8.43. The molecule has 0 radical (unpaired) electrons. The number of amides is 1. The van der Waals surface area contributed by atoms with Gasteiger partial charge in [-0.25, -0.2) is 9.18 Å². The fourth-order valence-corrected chi connectivity index (χ4v) is 2.68. The molecule has 1 heterocycles. The van der Waals surface area contributed by atoms with Crippen LogP contribution >= 0.6 is 0 Å². The second kappa shape index (κ2) is 8.60. The first-order valence-corrected chi connectivity index (χ1v) is 8.43. The summed E-state index contributed by atoms with van der Waals surface area (Å²) in [5.41, 5.74) is 1.55. The molecule has 0 aliphatic carbocycles. The van der Waals surface area contributed by atoms with E-state index in [4.69, 9.17) is 4.74 Å². The van der Waals surface area contributed by atoms with E-state index in [-0.39, 0.29) is 18.3 Å². The van der Waals surface area contributed by atoms with Gasteiger partial charge in [0.25, 0.3) is 5.91 Å². The highest BCUT2D eigenvalue weighted by Gasteiger charge is 2.23. The lowest BCUT2D eigenvalue weighted by Crippen LogP contribution is -2.50. The van der Waals surface area contributed by atoms with Crippen LogP contribution in [0.3, 0.4) is 0 Å². The van der Waals surface area contributed by atoms with Crippen LogP contribution in [0.2, 0.25) is 0 Å². The van der Waals surface area contributed by atoms with Gasteiger partial charge in [0.2, 0.25) is 0 Å². The summed E-state index contributed by atoms with van der Waals surface area (Å²) in [7, 11) is 0. The number of rotatable bonds is 5. The number of halogens is 1. The number of piperazine rings is 1. The molecule has 1 fully saturated rings.